The molecule has 4 heteroatoms. The van der Waals surface area contributed by atoms with Gasteiger partial charge < -0.3 is 10.2 Å². The molecule has 1 heterocycles. The molecule has 19 heavy (non-hydrogen) atoms. The number of hydrogen-bond acceptors (Lipinski definition) is 3. The van der Waals surface area contributed by atoms with Gasteiger partial charge in [0.1, 0.15) is 0 Å². The monoisotopic (exact) mass is 277 g/mol. The Morgan fingerprint density at radius 3 is 2.79 bits per heavy atom. The Morgan fingerprint density at radius 2 is 2.16 bits per heavy atom. The molecule has 102 valence electrons. The van der Waals surface area contributed by atoms with Crippen LogP contribution < -0.4 is 5.32 Å². The van der Waals surface area contributed by atoms with Crippen LogP contribution in [0.25, 0.3) is 0 Å². The standard InChI is InChI=1S/C15H20ClN3/c1-19(10-12-4-6-18-7-5-12)11-14-3-2-13(9-17)8-15(14)16/h2-3,8,12,18H,4-7,10-11H2,1H3. The molecule has 1 aliphatic heterocycles. The summed E-state index contributed by atoms with van der Waals surface area (Å²) in [6.45, 7) is 4.22. The van der Waals surface area contributed by atoms with Gasteiger partial charge in [-0.25, -0.2) is 0 Å². The Bertz CT molecular complexity index is 461. The first-order valence-corrected chi connectivity index (χ1v) is 7.14. The second kappa shape index (κ2) is 6.91. The van der Waals surface area contributed by atoms with E-state index in [1.165, 1.54) is 12.8 Å². The third-order valence-corrected chi connectivity index (χ3v) is 4.00. The average Bonchev–Trinajstić information content (AvgIpc) is 2.42. The van der Waals surface area contributed by atoms with Crippen molar-refractivity contribution in [3.63, 3.8) is 0 Å². The number of piperidine rings is 1. The number of nitrogens with one attached hydrogen (secondary N) is 1. The predicted molar refractivity (Wildman–Crippen MR) is 78.1 cm³/mol. The molecule has 0 radical (unpaired) electrons. The molecule has 1 aromatic carbocycles. The van der Waals surface area contributed by atoms with Gasteiger partial charge in [0, 0.05) is 18.1 Å². The number of benzene rings is 1. The molecule has 3 nitrogen and oxygen atoms in total. The van der Waals surface area contributed by atoms with E-state index in [4.69, 9.17) is 16.9 Å². The summed E-state index contributed by atoms with van der Waals surface area (Å²) in [5.41, 5.74) is 1.71. The highest BCUT2D eigenvalue weighted by Crippen LogP contribution is 2.20. The van der Waals surface area contributed by atoms with E-state index < -0.39 is 0 Å². The summed E-state index contributed by atoms with van der Waals surface area (Å²) in [6, 6.07) is 7.65. The lowest BCUT2D eigenvalue weighted by atomic mass is 9.97. The molecule has 1 aliphatic rings. The molecule has 0 bridgehead atoms. The Hall–Kier alpha value is -1.08. The molecule has 1 aromatic rings. The van der Waals surface area contributed by atoms with Crippen LogP contribution in [-0.4, -0.2) is 31.6 Å². The number of nitrogens with zero attached hydrogens (tertiary/aromatic N) is 2. The molecule has 0 unspecified atom stereocenters. The summed E-state index contributed by atoms with van der Waals surface area (Å²) in [5.74, 6) is 0.781. The third kappa shape index (κ3) is 4.21. The van der Waals surface area contributed by atoms with Gasteiger partial charge in [0.15, 0.2) is 0 Å². The van der Waals surface area contributed by atoms with Crippen molar-refractivity contribution >= 4 is 11.6 Å². The first-order chi connectivity index (χ1) is 9.19. The van der Waals surface area contributed by atoms with Crippen LogP contribution in [-0.2, 0) is 6.54 Å². The topological polar surface area (TPSA) is 39.1 Å². The highest BCUT2D eigenvalue weighted by Gasteiger charge is 2.15. The highest BCUT2D eigenvalue weighted by atomic mass is 35.5. The SMILES string of the molecule is CN(Cc1ccc(C#N)cc1Cl)CC1CCNCC1. The van der Waals surface area contributed by atoms with Crippen molar-refractivity contribution < 1.29 is 0 Å². The van der Waals surface area contributed by atoms with E-state index in [1.807, 2.05) is 12.1 Å². The van der Waals surface area contributed by atoms with Crippen LogP contribution in [0.5, 0.6) is 0 Å². The van der Waals surface area contributed by atoms with E-state index in [9.17, 15) is 0 Å². The summed E-state index contributed by atoms with van der Waals surface area (Å²) >= 11 is 6.21. The summed E-state index contributed by atoms with van der Waals surface area (Å²) in [5, 5.41) is 12.9. The van der Waals surface area contributed by atoms with Crippen molar-refractivity contribution in [2.75, 3.05) is 26.7 Å². The molecule has 1 fully saturated rings. The maximum absolute atomic E-state index is 8.83. The molecule has 2 rings (SSSR count). The Balaban J connectivity index is 1.91. The zero-order chi connectivity index (χ0) is 13.7. The van der Waals surface area contributed by atoms with Gasteiger partial charge in [0.25, 0.3) is 0 Å². The van der Waals surface area contributed by atoms with Crippen LogP contribution in [0, 0.1) is 17.2 Å². The lowest BCUT2D eigenvalue weighted by Crippen LogP contribution is -2.34. The molecule has 1 N–H and O–H groups in total. The molecule has 0 saturated carbocycles. The maximum Gasteiger partial charge on any atom is 0.0992 e. The minimum atomic E-state index is 0.620. The Morgan fingerprint density at radius 1 is 1.42 bits per heavy atom. The van der Waals surface area contributed by atoms with Gasteiger partial charge in [-0.2, -0.15) is 5.26 Å². The van der Waals surface area contributed by atoms with Gasteiger partial charge in [-0.05, 0) is 56.6 Å². The fourth-order valence-corrected chi connectivity index (χ4v) is 2.85. The lowest BCUT2D eigenvalue weighted by Gasteiger charge is -2.27. The van der Waals surface area contributed by atoms with Gasteiger partial charge in [-0.1, -0.05) is 17.7 Å². The molecule has 0 aromatic heterocycles. The van der Waals surface area contributed by atoms with Crippen molar-refractivity contribution in [1.82, 2.24) is 10.2 Å². The van der Waals surface area contributed by atoms with Crippen LogP contribution in [0.3, 0.4) is 0 Å². The minimum absolute atomic E-state index is 0.620. The van der Waals surface area contributed by atoms with E-state index in [0.29, 0.717) is 10.6 Å². The molecular weight excluding hydrogens is 258 g/mol. The zero-order valence-electron chi connectivity index (χ0n) is 11.3. The van der Waals surface area contributed by atoms with Crippen LogP contribution in [0.15, 0.2) is 18.2 Å². The number of hydrogen-bond donors (Lipinski definition) is 1. The molecule has 0 atom stereocenters. The van der Waals surface area contributed by atoms with Gasteiger partial charge in [-0.15, -0.1) is 0 Å². The number of nitriles is 1. The smallest absolute Gasteiger partial charge is 0.0992 e. The Kier molecular flexibility index (Phi) is 5.21. The van der Waals surface area contributed by atoms with Crippen molar-refractivity contribution in [3.05, 3.63) is 34.3 Å². The van der Waals surface area contributed by atoms with Crippen molar-refractivity contribution in [1.29, 1.82) is 5.26 Å². The van der Waals surface area contributed by atoms with Crippen LogP contribution in [0.4, 0.5) is 0 Å². The normalized spacial score (nSPS) is 16.5. The van der Waals surface area contributed by atoms with Crippen molar-refractivity contribution in [3.8, 4) is 6.07 Å². The zero-order valence-corrected chi connectivity index (χ0v) is 12.1. The lowest BCUT2D eigenvalue weighted by molar-refractivity contribution is 0.234. The van der Waals surface area contributed by atoms with E-state index in [-0.39, 0.29) is 0 Å². The average molecular weight is 278 g/mol. The molecular formula is C15H20ClN3. The summed E-state index contributed by atoms with van der Waals surface area (Å²) in [6.07, 6.45) is 2.51. The number of rotatable bonds is 4. The molecule has 0 aliphatic carbocycles. The van der Waals surface area contributed by atoms with E-state index in [1.54, 1.807) is 6.07 Å². The van der Waals surface area contributed by atoms with Crippen LogP contribution in [0.1, 0.15) is 24.0 Å². The van der Waals surface area contributed by atoms with Gasteiger partial charge in [0.05, 0.1) is 11.6 Å². The second-order valence-electron chi connectivity index (χ2n) is 5.31. The van der Waals surface area contributed by atoms with E-state index >= 15 is 0 Å². The van der Waals surface area contributed by atoms with Crippen LogP contribution in [0.2, 0.25) is 5.02 Å². The fourth-order valence-electron chi connectivity index (χ4n) is 2.61. The van der Waals surface area contributed by atoms with Crippen molar-refractivity contribution in [2.24, 2.45) is 5.92 Å². The number of halogens is 1. The first-order valence-electron chi connectivity index (χ1n) is 6.77. The quantitative estimate of drug-likeness (QED) is 0.920. The molecule has 0 spiro atoms. The van der Waals surface area contributed by atoms with Gasteiger partial charge >= 0.3 is 0 Å². The largest absolute Gasteiger partial charge is 0.317 e. The van der Waals surface area contributed by atoms with E-state index in [0.717, 1.165) is 37.7 Å². The van der Waals surface area contributed by atoms with Crippen molar-refractivity contribution in [2.45, 2.75) is 19.4 Å². The minimum Gasteiger partial charge on any atom is -0.317 e. The van der Waals surface area contributed by atoms with E-state index in [2.05, 4.69) is 23.3 Å². The fraction of sp³-hybridized carbons (Fsp3) is 0.533. The predicted octanol–water partition coefficient (Wildman–Crippen LogP) is 2.64. The maximum atomic E-state index is 8.83. The first kappa shape index (κ1) is 14.3. The van der Waals surface area contributed by atoms with Crippen LogP contribution >= 0.6 is 11.6 Å². The highest BCUT2D eigenvalue weighted by molar-refractivity contribution is 6.31. The molecule has 0 amide bonds. The summed E-state index contributed by atoms with van der Waals surface area (Å²) in [4.78, 5) is 2.32. The van der Waals surface area contributed by atoms with Gasteiger partial charge in [0.2, 0.25) is 0 Å². The van der Waals surface area contributed by atoms with Gasteiger partial charge in [-0.3, -0.25) is 0 Å². The summed E-state index contributed by atoms with van der Waals surface area (Å²) in [7, 11) is 2.14. The Labute approximate surface area is 120 Å². The second-order valence-corrected chi connectivity index (χ2v) is 5.72. The molecule has 1 saturated heterocycles. The third-order valence-electron chi connectivity index (χ3n) is 3.65. The summed E-state index contributed by atoms with van der Waals surface area (Å²) < 4.78 is 0.